The molecule has 1 aromatic heterocycles. The van der Waals surface area contributed by atoms with E-state index in [1.807, 2.05) is 30.3 Å². The summed E-state index contributed by atoms with van der Waals surface area (Å²) in [5.74, 6) is -0.359. The first-order valence-corrected chi connectivity index (χ1v) is 12.6. The van der Waals surface area contributed by atoms with E-state index in [2.05, 4.69) is 0 Å². The predicted octanol–water partition coefficient (Wildman–Crippen LogP) is 4.69. The van der Waals surface area contributed by atoms with Gasteiger partial charge in [-0.05, 0) is 66.7 Å². The Morgan fingerprint density at radius 2 is 1.74 bits per heavy atom. The normalized spacial score (nSPS) is 11.4. The van der Waals surface area contributed by atoms with Gasteiger partial charge in [0.05, 0.1) is 22.0 Å². The first-order valence-electron chi connectivity index (χ1n) is 9.86. The van der Waals surface area contributed by atoms with Crippen LogP contribution in [0.4, 0.5) is 4.39 Å². The van der Waals surface area contributed by atoms with Gasteiger partial charge in [0.15, 0.2) is 4.32 Å². The molecule has 0 bridgehead atoms. The van der Waals surface area contributed by atoms with E-state index >= 15 is 0 Å². The average molecular weight is 515 g/mol. The Morgan fingerprint density at radius 1 is 1.06 bits per heavy atom. The van der Waals surface area contributed by atoms with Crippen LogP contribution in [0.2, 0.25) is 0 Å². The maximum absolute atomic E-state index is 13.5. The van der Waals surface area contributed by atoms with Crippen LogP contribution >= 0.6 is 24.0 Å². The molecule has 0 aliphatic heterocycles. The van der Waals surface area contributed by atoms with Crippen molar-refractivity contribution in [2.45, 2.75) is 9.79 Å². The molecule has 7 nitrogen and oxygen atoms in total. The fourth-order valence-corrected chi connectivity index (χ4v) is 4.68. The Labute approximate surface area is 205 Å². The second-order valence-electron chi connectivity index (χ2n) is 7.29. The molecule has 0 radical (unpaired) electrons. The number of rotatable bonds is 5. The summed E-state index contributed by atoms with van der Waals surface area (Å²) in [7, 11) is -2.38. The van der Waals surface area contributed by atoms with Crippen molar-refractivity contribution in [2.24, 2.45) is 5.14 Å². The third kappa shape index (κ3) is 5.34. The SMILES string of the molecule is CN(O)C(=S)Sc1cccc(-c2cc(-c3ccc(F)cc3)n(-c3ccc(S(N)(=O)=O)cc3)n2)c1. The number of nitrogens with zero attached hydrogens (tertiary/aromatic N) is 3. The highest BCUT2D eigenvalue weighted by atomic mass is 32.2. The lowest BCUT2D eigenvalue weighted by Gasteiger charge is -2.10. The predicted molar refractivity (Wildman–Crippen MR) is 134 cm³/mol. The van der Waals surface area contributed by atoms with Gasteiger partial charge in [-0.25, -0.2) is 27.7 Å². The quantitative estimate of drug-likeness (QED) is 0.226. The van der Waals surface area contributed by atoms with Crippen LogP contribution in [0, 0.1) is 5.82 Å². The number of aromatic nitrogens is 2. The zero-order valence-corrected chi connectivity index (χ0v) is 20.2. The number of halogens is 1. The molecular formula is C23H19FN4O3S3. The number of benzene rings is 3. The van der Waals surface area contributed by atoms with Gasteiger partial charge in [-0.1, -0.05) is 36.1 Å². The van der Waals surface area contributed by atoms with E-state index in [0.29, 0.717) is 21.4 Å². The van der Waals surface area contributed by atoms with Crippen molar-refractivity contribution in [3.05, 3.63) is 84.7 Å². The monoisotopic (exact) mass is 514 g/mol. The molecular weight excluding hydrogens is 495 g/mol. The molecule has 0 saturated carbocycles. The molecule has 3 aromatic carbocycles. The van der Waals surface area contributed by atoms with E-state index in [1.54, 1.807) is 28.9 Å². The van der Waals surface area contributed by atoms with Crippen molar-refractivity contribution in [1.29, 1.82) is 0 Å². The van der Waals surface area contributed by atoms with E-state index in [1.165, 1.54) is 43.1 Å². The molecule has 0 fully saturated rings. The molecule has 0 saturated heterocycles. The van der Waals surface area contributed by atoms with Crippen molar-refractivity contribution in [3.63, 3.8) is 0 Å². The van der Waals surface area contributed by atoms with E-state index < -0.39 is 10.0 Å². The van der Waals surface area contributed by atoms with Gasteiger partial charge in [-0.3, -0.25) is 5.21 Å². The molecule has 4 rings (SSSR count). The van der Waals surface area contributed by atoms with Crippen LogP contribution in [0.1, 0.15) is 0 Å². The minimum absolute atomic E-state index is 0.0125. The summed E-state index contributed by atoms with van der Waals surface area (Å²) >= 11 is 6.39. The Hall–Kier alpha value is -3.09. The Morgan fingerprint density at radius 3 is 2.35 bits per heavy atom. The largest absolute Gasteiger partial charge is 0.287 e. The minimum atomic E-state index is -3.83. The molecule has 0 spiro atoms. The lowest BCUT2D eigenvalue weighted by atomic mass is 10.1. The number of hydrogen-bond acceptors (Lipinski definition) is 6. The fraction of sp³-hybridized carbons (Fsp3) is 0.0435. The molecule has 0 aliphatic carbocycles. The number of sulfonamides is 1. The highest BCUT2D eigenvalue weighted by Gasteiger charge is 2.15. The Bertz CT molecular complexity index is 1450. The van der Waals surface area contributed by atoms with Gasteiger partial charge >= 0.3 is 0 Å². The van der Waals surface area contributed by atoms with Crippen LogP contribution in [-0.4, -0.2) is 39.8 Å². The maximum Gasteiger partial charge on any atom is 0.238 e. The van der Waals surface area contributed by atoms with Gasteiger partial charge in [0.1, 0.15) is 5.82 Å². The number of hydrogen-bond donors (Lipinski definition) is 2. The van der Waals surface area contributed by atoms with Crippen molar-refractivity contribution in [2.75, 3.05) is 7.05 Å². The van der Waals surface area contributed by atoms with Gasteiger partial charge in [0.25, 0.3) is 0 Å². The lowest BCUT2D eigenvalue weighted by molar-refractivity contribution is 0.0205. The standard InChI is InChI=1S/C23H19FN4O3S3/c1-27(29)23(32)33-19-4-2-3-16(13-19)21-14-22(15-5-7-17(24)8-6-15)28(26-21)18-9-11-20(12-10-18)34(25,30)31/h2-14,29H,1H3,(H2,25,30,31). The summed E-state index contributed by atoms with van der Waals surface area (Å²) < 4.78 is 38.7. The summed E-state index contributed by atoms with van der Waals surface area (Å²) in [4.78, 5) is 0.806. The molecule has 0 unspecified atom stereocenters. The number of thiocarbonyl (C=S) groups is 1. The maximum atomic E-state index is 13.5. The van der Waals surface area contributed by atoms with E-state index in [0.717, 1.165) is 21.1 Å². The molecule has 0 amide bonds. The third-order valence-electron chi connectivity index (χ3n) is 4.86. The highest BCUT2D eigenvalue weighted by Crippen LogP contribution is 2.31. The van der Waals surface area contributed by atoms with Gasteiger partial charge in [0.2, 0.25) is 10.0 Å². The molecule has 4 aromatic rings. The third-order valence-corrected chi connectivity index (χ3v) is 7.23. The summed E-state index contributed by atoms with van der Waals surface area (Å²) in [6.45, 7) is 0. The number of nitrogens with two attached hydrogens (primary N) is 1. The van der Waals surface area contributed by atoms with Crippen molar-refractivity contribution in [3.8, 4) is 28.2 Å². The summed E-state index contributed by atoms with van der Waals surface area (Å²) in [6.07, 6.45) is 0. The van der Waals surface area contributed by atoms with Crippen LogP contribution in [0.15, 0.2) is 88.7 Å². The molecule has 174 valence electrons. The summed E-state index contributed by atoms with van der Waals surface area (Å²) in [6, 6.07) is 21.4. The minimum Gasteiger partial charge on any atom is -0.287 e. The van der Waals surface area contributed by atoms with Crippen molar-refractivity contribution in [1.82, 2.24) is 14.8 Å². The van der Waals surface area contributed by atoms with Crippen LogP contribution in [0.3, 0.4) is 0 Å². The van der Waals surface area contributed by atoms with Gasteiger partial charge in [-0.2, -0.15) is 5.10 Å². The lowest BCUT2D eigenvalue weighted by Crippen LogP contribution is -2.16. The molecule has 0 atom stereocenters. The zero-order chi connectivity index (χ0) is 24.5. The number of hydroxylamine groups is 2. The average Bonchev–Trinajstić information content (AvgIpc) is 3.25. The van der Waals surface area contributed by atoms with Crippen LogP contribution < -0.4 is 5.14 Å². The fourth-order valence-electron chi connectivity index (χ4n) is 3.21. The summed E-state index contributed by atoms with van der Waals surface area (Å²) in [5, 5.41) is 20.4. The smallest absolute Gasteiger partial charge is 0.238 e. The molecule has 11 heteroatoms. The summed E-state index contributed by atoms with van der Waals surface area (Å²) in [5.41, 5.74) is 3.45. The molecule has 1 heterocycles. The highest BCUT2D eigenvalue weighted by molar-refractivity contribution is 8.22. The van der Waals surface area contributed by atoms with Crippen LogP contribution in [0.25, 0.3) is 28.2 Å². The first kappa shape index (κ1) is 24.0. The zero-order valence-electron chi connectivity index (χ0n) is 17.8. The Balaban J connectivity index is 1.80. The van der Waals surface area contributed by atoms with Crippen LogP contribution in [-0.2, 0) is 10.0 Å². The van der Waals surface area contributed by atoms with Crippen molar-refractivity contribution < 1.29 is 18.0 Å². The topological polar surface area (TPSA) is 101 Å². The van der Waals surface area contributed by atoms with Crippen LogP contribution in [0.5, 0.6) is 0 Å². The Kier molecular flexibility index (Phi) is 6.82. The van der Waals surface area contributed by atoms with E-state index in [-0.39, 0.29) is 10.7 Å². The second-order valence-corrected chi connectivity index (χ2v) is 10.6. The molecule has 34 heavy (non-hydrogen) atoms. The molecule has 3 N–H and O–H groups in total. The van der Waals surface area contributed by atoms with Gasteiger partial charge in [-0.15, -0.1) is 0 Å². The van der Waals surface area contributed by atoms with E-state index in [4.69, 9.17) is 22.5 Å². The second kappa shape index (κ2) is 9.65. The van der Waals surface area contributed by atoms with Crippen molar-refractivity contribution >= 4 is 38.3 Å². The van der Waals surface area contributed by atoms with E-state index in [9.17, 15) is 18.0 Å². The molecule has 0 aliphatic rings. The first-order chi connectivity index (χ1) is 16.1. The van der Waals surface area contributed by atoms with Gasteiger partial charge in [0, 0.05) is 23.1 Å². The number of primary sulfonamides is 1. The number of thioether (sulfide) groups is 1. The van der Waals surface area contributed by atoms with Gasteiger partial charge < -0.3 is 0 Å².